The van der Waals surface area contributed by atoms with E-state index in [0.29, 0.717) is 18.8 Å². The van der Waals surface area contributed by atoms with E-state index < -0.39 is 0 Å². The van der Waals surface area contributed by atoms with Gasteiger partial charge in [0.2, 0.25) is 0 Å². The average molecular weight is 231 g/mol. The van der Waals surface area contributed by atoms with Gasteiger partial charge in [-0.3, -0.25) is 4.79 Å². The predicted molar refractivity (Wildman–Crippen MR) is 69.9 cm³/mol. The van der Waals surface area contributed by atoms with Crippen molar-refractivity contribution in [3.8, 4) is 0 Å². The molecule has 0 aliphatic heterocycles. The Morgan fingerprint density at radius 2 is 2.12 bits per heavy atom. The molecule has 1 aliphatic rings. The first kappa shape index (κ1) is 12.3. The lowest BCUT2D eigenvalue weighted by atomic mass is 9.97. The molecule has 92 valence electrons. The van der Waals surface area contributed by atoms with Crippen LogP contribution in [0.2, 0.25) is 0 Å². The summed E-state index contributed by atoms with van der Waals surface area (Å²) in [7, 11) is 0. The highest BCUT2D eigenvalue weighted by molar-refractivity contribution is 5.81. The van der Waals surface area contributed by atoms with Crippen molar-refractivity contribution >= 4 is 5.78 Å². The highest BCUT2D eigenvalue weighted by atomic mass is 16.1. The Balaban J connectivity index is 1.94. The summed E-state index contributed by atoms with van der Waals surface area (Å²) in [5.41, 5.74) is 9.54. The summed E-state index contributed by atoms with van der Waals surface area (Å²) in [5, 5.41) is 0. The van der Waals surface area contributed by atoms with Crippen molar-refractivity contribution in [3.05, 3.63) is 34.9 Å². The van der Waals surface area contributed by atoms with Gasteiger partial charge in [0.05, 0.1) is 0 Å². The molecule has 1 aromatic rings. The number of carbonyl (C=O) groups excluding carboxylic acids is 1. The summed E-state index contributed by atoms with van der Waals surface area (Å²) >= 11 is 0. The van der Waals surface area contributed by atoms with E-state index in [-0.39, 0.29) is 11.8 Å². The van der Waals surface area contributed by atoms with Gasteiger partial charge >= 0.3 is 0 Å². The highest BCUT2D eigenvalue weighted by Gasteiger charge is 2.29. The van der Waals surface area contributed by atoms with Crippen molar-refractivity contribution < 1.29 is 4.79 Å². The Morgan fingerprint density at radius 1 is 1.41 bits per heavy atom. The van der Waals surface area contributed by atoms with E-state index in [4.69, 9.17) is 5.73 Å². The van der Waals surface area contributed by atoms with Crippen LogP contribution in [0.15, 0.2) is 18.2 Å². The zero-order valence-corrected chi connectivity index (χ0v) is 10.7. The number of benzene rings is 1. The summed E-state index contributed by atoms with van der Waals surface area (Å²) < 4.78 is 0. The number of ketones is 1. The Morgan fingerprint density at radius 3 is 2.76 bits per heavy atom. The molecule has 0 saturated heterocycles. The molecule has 2 rings (SSSR count). The number of hydrogen-bond acceptors (Lipinski definition) is 2. The van der Waals surface area contributed by atoms with Crippen LogP contribution in [0.25, 0.3) is 0 Å². The first-order valence-electron chi connectivity index (χ1n) is 6.39. The Hall–Kier alpha value is -1.15. The van der Waals surface area contributed by atoms with E-state index in [1.165, 1.54) is 24.0 Å². The molecule has 0 aromatic heterocycles. The zero-order valence-electron chi connectivity index (χ0n) is 10.7. The van der Waals surface area contributed by atoms with Crippen LogP contribution in [0.5, 0.6) is 0 Å². The molecule has 1 unspecified atom stereocenters. The SMILES string of the molecule is Cc1ccc(C)c(CC(=O)CC(N)C2CC2)c1. The summed E-state index contributed by atoms with van der Waals surface area (Å²) in [6.45, 7) is 4.12. The molecule has 1 atom stereocenters. The van der Waals surface area contributed by atoms with Crippen molar-refractivity contribution in [1.82, 2.24) is 0 Å². The average Bonchev–Trinajstić information content (AvgIpc) is 3.06. The van der Waals surface area contributed by atoms with Crippen LogP contribution in [0, 0.1) is 19.8 Å². The van der Waals surface area contributed by atoms with Crippen molar-refractivity contribution in [2.24, 2.45) is 11.7 Å². The molecule has 2 nitrogen and oxygen atoms in total. The number of hydrogen-bond donors (Lipinski definition) is 1. The second kappa shape index (κ2) is 5.01. The maximum absolute atomic E-state index is 11.9. The van der Waals surface area contributed by atoms with Crippen molar-refractivity contribution in [3.63, 3.8) is 0 Å². The fourth-order valence-electron chi connectivity index (χ4n) is 2.23. The smallest absolute Gasteiger partial charge is 0.138 e. The molecule has 1 aliphatic carbocycles. The van der Waals surface area contributed by atoms with Gasteiger partial charge in [-0.1, -0.05) is 23.8 Å². The quantitative estimate of drug-likeness (QED) is 0.846. The minimum absolute atomic E-state index is 0.0904. The molecule has 2 N–H and O–H groups in total. The second-order valence-electron chi connectivity index (χ2n) is 5.35. The first-order chi connectivity index (χ1) is 8.06. The number of aryl methyl sites for hydroxylation is 2. The summed E-state index contributed by atoms with van der Waals surface area (Å²) in [6.07, 6.45) is 3.49. The standard InChI is InChI=1S/C15H21NO/c1-10-3-4-11(2)13(7-10)8-14(17)9-15(16)12-5-6-12/h3-4,7,12,15H,5-6,8-9,16H2,1-2H3. The van der Waals surface area contributed by atoms with Gasteiger partial charge in [-0.05, 0) is 43.7 Å². The van der Waals surface area contributed by atoms with Crippen molar-refractivity contribution in [2.75, 3.05) is 0 Å². The Bertz CT molecular complexity index is 421. The minimum Gasteiger partial charge on any atom is -0.327 e. The monoisotopic (exact) mass is 231 g/mol. The fraction of sp³-hybridized carbons (Fsp3) is 0.533. The van der Waals surface area contributed by atoms with Gasteiger partial charge in [0.25, 0.3) is 0 Å². The molecular formula is C15H21NO. The Labute approximate surface area is 103 Å². The highest BCUT2D eigenvalue weighted by Crippen LogP contribution is 2.33. The second-order valence-corrected chi connectivity index (χ2v) is 5.35. The molecule has 1 fully saturated rings. The van der Waals surface area contributed by atoms with Gasteiger partial charge in [-0.15, -0.1) is 0 Å². The van der Waals surface area contributed by atoms with Crippen LogP contribution in [0.3, 0.4) is 0 Å². The van der Waals surface area contributed by atoms with Crippen LogP contribution >= 0.6 is 0 Å². The van der Waals surface area contributed by atoms with Gasteiger partial charge in [0.1, 0.15) is 5.78 Å². The van der Waals surface area contributed by atoms with Crippen LogP contribution < -0.4 is 5.73 Å². The Kier molecular flexibility index (Phi) is 3.63. The number of Topliss-reactive ketones (excluding diaryl/α,β-unsaturated/α-hetero) is 1. The third kappa shape index (κ3) is 3.40. The normalized spacial score (nSPS) is 16.9. The molecule has 2 heteroatoms. The van der Waals surface area contributed by atoms with E-state index in [1.807, 2.05) is 0 Å². The maximum atomic E-state index is 11.9. The van der Waals surface area contributed by atoms with Gasteiger partial charge < -0.3 is 5.73 Å². The molecule has 0 amide bonds. The number of nitrogens with two attached hydrogens (primary N) is 1. The third-order valence-corrected chi connectivity index (χ3v) is 3.58. The molecule has 0 spiro atoms. The molecule has 0 heterocycles. The molecular weight excluding hydrogens is 210 g/mol. The maximum Gasteiger partial charge on any atom is 0.138 e. The van der Waals surface area contributed by atoms with Gasteiger partial charge in [-0.2, -0.15) is 0 Å². The predicted octanol–water partition coefficient (Wildman–Crippen LogP) is 2.54. The topological polar surface area (TPSA) is 43.1 Å². The van der Waals surface area contributed by atoms with E-state index in [1.54, 1.807) is 0 Å². The van der Waals surface area contributed by atoms with Crippen molar-refractivity contribution in [1.29, 1.82) is 0 Å². The summed E-state index contributed by atoms with van der Waals surface area (Å²) in [6, 6.07) is 6.36. The first-order valence-corrected chi connectivity index (χ1v) is 6.39. The lowest BCUT2D eigenvalue weighted by Crippen LogP contribution is -2.26. The van der Waals surface area contributed by atoms with E-state index >= 15 is 0 Å². The largest absolute Gasteiger partial charge is 0.327 e. The van der Waals surface area contributed by atoms with Crippen LogP contribution in [-0.2, 0) is 11.2 Å². The lowest BCUT2D eigenvalue weighted by molar-refractivity contribution is -0.118. The van der Waals surface area contributed by atoms with Crippen LogP contribution in [-0.4, -0.2) is 11.8 Å². The number of rotatable bonds is 5. The minimum atomic E-state index is 0.0904. The molecule has 0 bridgehead atoms. The molecule has 1 aromatic carbocycles. The van der Waals surface area contributed by atoms with Crippen LogP contribution in [0.1, 0.15) is 36.0 Å². The van der Waals surface area contributed by atoms with Crippen molar-refractivity contribution in [2.45, 2.75) is 45.6 Å². The van der Waals surface area contributed by atoms with Gasteiger partial charge in [0, 0.05) is 18.9 Å². The van der Waals surface area contributed by atoms with Crippen LogP contribution in [0.4, 0.5) is 0 Å². The van der Waals surface area contributed by atoms with E-state index in [0.717, 1.165) is 5.56 Å². The summed E-state index contributed by atoms with van der Waals surface area (Å²) in [5.74, 6) is 0.885. The van der Waals surface area contributed by atoms with Gasteiger partial charge in [0.15, 0.2) is 0 Å². The molecule has 0 radical (unpaired) electrons. The number of carbonyl (C=O) groups is 1. The van der Waals surface area contributed by atoms with E-state index in [9.17, 15) is 4.79 Å². The molecule has 1 saturated carbocycles. The third-order valence-electron chi connectivity index (χ3n) is 3.58. The lowest BCUT2D eigenvalue weighted by Gasteiger charge is -2.10. The zero-order chi connectivity index (χ0) is 12.4. The summed E-state index contributed by atoms with van der Waals surface area (Å²) in [4.78, 5) is 11.9. The molecule has 17 heavy (non-hydrogen) atoms. The fourth-order valence-corrected chi connectivity index (χ4v) is 2.23. The van der Waals surface area contributed by atoms with E-state index in [2.05, 4.69) is 32.0 Å². The van der Waals surface area contributed by atoms with Gasteiger partial charge in [-0.25, -0.2) is 0 Å².